The summed E-state index contributed by atoms with van der Waals surface area (Å²) in [6.07, 6.45) is 7.87. The topological polar surface area (TPSA) is 0 Å². The van der Waals surface area contributed by atoms with E-state index in [4.69, 9.17) is 0 Å². The maximum Gasteiger partial charge on any atom is -0.0294 e. The van der Waals surface area contributed by atoms with E-state index >= 15 is 0 Å². The van der Waals surface area contributed by atoms with E-state index in [9.17, 15) is 0 Å². The fourth-order valence-corrected chi connectivity index (χ4v) is 2.12. The van der Waals surface area contributed by atoms with Gasteiger partial charge in [-0.25, -0.2) is 0 Å². The third-order valence-electron chi connectivity index (χ3n) is 2.88. The molecule has 0 amide bonds. The Labute approximate surface area is 70.7 Å². The molecule has 2 atom stereocenters. The van der Waals surface area contributed by atoms with Gasteiger partial charge < -0.3 is 0 Å². The molecule has 11 heavy (non-hydrogen) atoms. The Morgan fingerprint density at radius 3 is 2.82 bits per heavy atom. The predicted molar refractivity (Wildman–Crippen MR) is 50.6 cm³/mol. The van der Waals surface area contributed by atoms with Crippen LogP contribution in [0.1, 0.15) is 46.5 Å². The molecule has 0 N–H and O–H groups in total. The van der Waals surface area contributed by atoms with Crippen LogP contribution in [-0.4, -0.2) is 0 Å². The first-order valence-electron chi connectivity index (χ1n) is 4.89. The van der Waals surface area contributed by atoms with Gasteiger partial charge in [-0.15, -0.1) is 0 Å². The number of allylic oxidation sites excluding steroid dienone is 2. The number of hydrogen-bond donors (Lipinski definition) is 0. The second-order valence-corrected chi connectivity index (χ2v) is 4.02. The van der Waals surface area contributed by atoms with Gasteiger partial charge in [-0.3, -0.25) is 0 Å². The van der Waals surface area contributed by atoms with E-state index in [2.05, 4.69) is 26.8 Å². The summed E-state index contributed by atoms with van der Waals surface area (Å²) in [5.74, 6) is 1.91. The van der Waals surface area contributed by atoms with Crippen molar-refractivity contribution in [1.29, 1.82) is 0 Å². The first-order valence-corrected chi connectivity index (χ1v) is 4.89. The summed E-state index contributed by atoms with van der Waals surface area (Å²) in [6.45, 7) is 6.95. The molecule has 1 aliphatic carbocycles. The van der Waals surface area contributed by atoms with E-state index in [1.165, 1.54) is 25.7 Å². The van der Waals surface area contributed by atoms with Gasteiger partial charge in [0.1, 0.15) is 0 Å². The Balaban J connectivity index is 2.44. The van der Waals surface area contributed by atoms with Crippen LogP contribution in [0.5, 0.6) is 0 Å². The monoisotopic (exact) mass is 152 g/mol. The van der Waals surface area contributed by atoms with E-state index in [1.54, 1.807) is 5.57 Å². The Bertz CT molecular complexity index is 144. The average molecular weight is 152 g/mol. The summed E-state index contributed by atoms with van der Waals surface area (Å²) in [5, 5.41) is 0. The van der Waals surface area contributed by atoms with E-state index in [-0.39, 0.29) is 0 Å². The molecule has 0 radical (unpaired) electrons. The molecule has 0 saturated carbocycles. The lowest BCUT2D eigenvalue weighted by Crippen LogP contribution is -2.15. The van der Waals surface area contributed by atoms with Gasteiger partial charge in [0.25, 0.3) is 0 Å². The van der Waals surface area contributed by atoms with Gasteiger partial charge in [0, 0.05) is 0 Å². The molecule has 0 fully saturated rings. The molecule has 0 aromatic carbocycles. The number of hydrogen-bond acceptors (Lipinski definition) is 0. The third kappa shape index (κ3) is 2.36. The van der Waals surface area contributed by atoms with Crippen LogP contribution in [0.3, 0.4) is 0 Å². The molecule has 0 bridgehead atoms. The molecule has 1 unspecified atom stereocenters. The van der Waals surface area contributed by atoms with Crippen molar-refractivity contribution in [2.45, 2.75) is 46.5 Å². The van der Waals surface area contributed by atoms with Crippen LogP contribution in [0.2, 0.25) is 0 Å². The third-order valence-corrected chi connectivity index (χ3v) is 2.88. The van der Waals surface area contributed by atoms with E-state index < -0.39 is 0 Å². The van der Waals surface area contributed by atoms with Crippen LogP contribution in [0.4, 0.5) is 0 Å². The lowest BCUT2D eigenvalue weighted by Gasteiger charge is -2.27. The molecular formula is C11H20. The molecule has 0 saturated heterocycles. The summed E-state index contributed by atoms with van der Waals surface area (Å²) in [5.41, 5.74) is 1.60. The van der Waals surface area contributed by atoms with Crippen molar-refractivity contribution in [3.63, 3.8) is 0 Å². The maximum absolute atomic E-state index is 2.43. The first-order chi connectivity index (χ1) is 5.24. The summed E-state index contributed by atoms with van der Waals surface area (Å²) in [4.78, 5) is 0. The van der Waals surface area contributed by atoms with Gasteiger partial charge in [-0.05, 0) is 31.6 Å². The maximum atomic E-state index is 2.43. The minimum absolute atomic E-state index is 0.931. The van der Waals surface area contributed by atoms with Crippen LogP contribution in [0.25, 0.3) is 0 Å². The van der Waals surface area contributed by atoms with Crippen LogP contribution < -0.4 is 0 Å². The largest absolute Gasteiger partial charge is 0.0853 e. The van der Waals surface area contributed by atoms with Crippen molar-refractivity contribution in [3.8, 4) is 0 Å². The molecule has 1 aliphatic rings. The standard InChI is InChI=1S/C11H20/c1-4-5-11-7-6-9(2)8-10(11)3/h6,10-11H,4-5,7-8H2,1-3H3/t10?,11-/m1/s1. The highest BCUT2D eigenvalue weighted by molar-refractivity contribution is 5.04. The Hall–Kier alpha value is -0.260. The average Bonchev–Trinajstić information content (AvgIpc) is 1.95. The molecule has 0 nitrogen and oxygen atoms in total. The van der Waals surface area contributed by atoms with Crippen molar-refractivity contribution in [2.75, 3.05) is 0 Å². The molecule has 0 heterocycles. The Morgan fingerprint density at radius 2 is 2.27 bits per heavy atom. The fourth-order valence-electron chi connectivity index (χ4n) is 2.12. The van der Waals surface area contributed by atoms with Gasteiger partial charge in [0.15, 0.2) is 0 Å². The van der Waals surface area contributed by atoms with Gasteiger partial charge in [0.05, 0.1) is 0 Å². The second kappa shape index (κ2) is 3.94. The lowest BCUT2D eigenvalue weighted by atomic mass is 9.79. The van der Waals surface area contributed by atoms with Crippen LogP contribution in [0, 0.1) is 11.8 Å². The molecule has 0 spiro atoms. The van der Waals surface area contributed by atoms with Crippen molar-refractivity contribution in [1.82, 2.24) is 0 Å². The van der Waals surface area contributed by atoms with Gasteiger partial charge in [-0.1, -0.05) is 38.3 Å². The molecule has 1 rings (SSSR count). The van der Waals surface area contributed by atoms with Crippen LogP contribution in [-0.2, 0) is 0 Å². The normalized spacial score (nSPS) is 31.7. The molecule has 0 aromatic heterocycles. The summed E-state index contributed by atoms with van der Waals surface area (Å²) in [6, 6.07) is 0. The second-order valence-electron chi connectivity index (χ2n) is 4.02. The minimum atomic E-state index is 0.931. The van der Waals surface area contributed by atoms with Gasteiger partial charge in [0.2, 0.25) is 0 Å². The highest BCUT2D eigenvalue weighted by atomic mass is 14.2. The van der Waals surface area contributed by atoms with E-state index in [0.717, 1.165) is 11.8 Å². The fraction of sp³-hybridized carbons (Fsp3) is 0.818. The first kappa shape index (κ1) is 8.83. The van der Waals surface area contributed by atoms with E-state index in [0.29, 0.717) is 0 Å². The van der Waals surface area contributed by atoms with Crippen molar-refractivity contribution >= 4 is 0 Å². The molecular weight excluding hydrogens is 132 g/mol. The van der Waals surface area contributed by atoms with Gasteiger partial charge in [-0.2, -0.15) is 0 Å². The van der Waals surface area contributed by atoms with Crippen molar-refractivity contribution in [2.24, 2.45) is 11.8 Å². The summed E-state index contributed by atoms with van der Waals surface area (Å²) < 4.78 is 0. The van der Waals surface area contributed by atoms with Crippen LogP contribution in [0.15, 0.2) is 11.6 Å². The molecule has 0 heteroatoms. The zero-order valence-corrected chi connectivity index (χ0v) is 8.06. The number of rotatable bonds is 2. The predicted octanol–water partition coefficient (Wildman–Crippen LogP) is 3.78. The van der Waals surface area contributed by atoms with Crippen LogP contribution >= 0.6 is 0 Å². The lowest BCUT2D eigenvalue weighted by molar-refractivity contribution is 0.318. The SMILES string of the molecule is CCC[C@@H]1CC=C(C)CC1C. The summed E-state index contributed by atoms with van der Waals surface area (Å²) in [7, 11) is 0. The zero-order chi connectivity index (χ0) is 8.27. The van der Waals surface area contributed by atoms with Crippen molar-refractivity contribution < 1.29 is 0 Å². The highest BCUT2D eigenvalue weighted by Crippen LogP contribution is 2.31. The summed E-state index contributed by atoms with van der Waals surface area (Å²) >= 11 is 0. The molecule has 0 aromatic rings. The Morgan fingerprint density at radius 1 is 1.55 bits per heavy atom. The molecule has 0 aliphatic heterocycles. The van der Waals surface area contributed by atoms with Gasteiger partial charge >= 0.3 is 0 Å². The zero-order valence-electron chi connectivity index (χ0n) is 8.06. The quantitative estimate of drug-likeness (QED) is 0.528. The molecule has 64 valence electrons. The van der Waals surface area contributed by atoms with Crippen molar-refractivity contribution in [3.05, 3.63) is 11.6 Å². The smallest absolute Gasteiger partial charge is 0.0294 e. The Kier molecular flexibility index (Phi) is 3.16. The van der Waals surface area contributed by atoms with E-state index in [1.807, 2.05) is 0 Å². The minimum Gasteiger partial charge on any atom is -0.0853 e. The highest BCUT2D eigenvalue weighted by Gasteiger charge is 2.19.